The number of benzene rings is 1. The third kappa shape index (κ3) is 6.68. The number of sulfone groups is 1. The third-order valence-electron chi connectivity index (χ3n) is 2.97. The molecule has 1 aromatic rings. The molecule has 0 saturated heterocycles. The van der Waals surface area contributed by atoms with E-state index in [9.17, 15) is 12.8 Å². The molecule has 1 aromatic carbocycles. The van der Waals surface area contributed by atoms with E-state index >= 15 is 0 Å². The topological polar surface area (TPSA) is 46.2 Å². The second kappa shape index (κ2) is 7.60. The third-order valence-corrected chi connectivity index (χ3v) is 3.95. The molecule has 0 saturated carbocycles. The Morgan fingerprint density at radius 2 is 2.11 bits per heavy atom. The zero-order valence-electron chi connectivity index (χ0n) is 11.5. The maximum atomic E-state index is 13.3. The van der Waals surface area contributed by atoms with E-state index in [-0.39, 0.29) is 17.5 Å². The fourth-order valence-corrected chi connectivity index (χ4v) is 2.67. The zero-order chi connectivity index (χ0) is 14.3. The lowest BCUT2D eigenvalue weighted by molar-refractivity contribution is 0.552. The first-order valence-corrected chi connectivity index (χ1v) is 8.62. The van der Waals surface area contributed by atoms with Gasteiger partial charge in [-0.15, -0.1) is 0 Å². The van der Waals surface area contributed by atoms with Crippen molar-refractivity contribution in [3.05, 3.63) is 35.6 Å². The van der Waals surface area contributed by atoms with Gasteiger partial charge in [-0.3, -0.25) is 0 Å². The lowest BCUT2D eigenvalue weighted by atomic mass is 9.96. The minimum absolute atomic E-state index is 0.0250. The van der Waals surface area contributed by atoms with E-state index in [4.69, 9.17) is 0 Å². The van der Waals surface area contributed by atoms with Gasteiger partial charge in [0.15, 0.2) is 0 Å². The van der Waals surface area contributed by atoms with Crippen LogP contribution in [0.15, 0.2) is 24.3 Å². The summed E-state index contributed by atoms with van der Waals surface area (Å²) >= 11 is 0. The predicted octanol–water partition coefficient (Wildman–Crippen LogP) is 2.34. The molecule has 0 aliphatic carbocycles. The minimum Gasteiger partial charge on any atom is -0.316 e. The van der Waals surface area contributed by atoms with Crippen LogP contribution in [0.2, 0.25) is 0 Å². The Labute approximate surface area is 115 Å². The molecule has 19 heavy (non-hydrogen) atoms. The lowest BCUT2D eigenvalue weighted by Crippen LogP contribution is -2.24. The zero-order valence-corrected chi connectivity index (χ0v) is 12.3. The number of halogens is 1. The summed E-state index contributed by atoms with van der Waals surface area (Å²) in [5.74, 6) is -0.128. The molecule has 1 rings (SSSR count). The molecule has 1 unspecified atom stereocenters. The van der Waals surface area contributed by atoms with Crippen molar-refractivity contribution in [2.45, 2.75) is 25.7 Å². The van der Waals surface area contributed by atoms with Crippen LogP contribution in [-0.4, -0.2) is 33.5 Å². The smallest absolute Gasteiger partial charge is 0.147 e. The lowest BCUT2D eigenvalue weighted by Gasteiger charge is -2.17. The first-order valence-electron chi connectivity index (χ1n) is 6.56. The summed E-state index contributed by atoms with van der Waals surface area (Å²) in [6, 6.07) is 6.40. The number of hydrogen-bond acceptors (Lipinski definition) is 3. The molecule has 0 aliphatic heterocycles. The monoisotopic (exact) mass is 287 g/mol. The molecule has 0 amide bonds. The van der Waals surface area contributed by atoms with Crippen LogP contribution in [0, 0.1) is 5.82 Å². The average molecular weight is 287 g/mol. The number of hydrogen-bond donors (Lipinski definition) is 1. The van der Waals surface area contributed by atoms with Gasteiger partial charge in [0, 0.05) is 12.8 Å². The van der Waals surface area contributed by atoms with Crippen molar-refractivity contribution in [3.63, 3.8) is 0 Å². The predicted molar refractivity (Wildman–Crippen MR) is 76.6 cm³/mol. The Morgan fingerprint density at radius 3 is 2.68 bits per heavy atom. The van der Waals surface area contributed by atoms with Gasteiger partial charge in [0.2, 0.25) is 0 Å². The Morgan fingerprint density at radius 1 is 1.37 bits per heavy atom. The van der Waals surface area contributed by atoms with Crippen molar-refractivity contribution in [1.82, 2.24) is 5.32 Å². The summed E-state index contributed by atoms with van der Waals surface area (Å²) in [5, 5.41) is 3.27. The molecule has 0 aliphatic rings. The molecular weight excluding hydrogens is 265 g/mol. The van der Waals surface area contributed by atoms with Gasteiger partial charge in [-0.2, -0.15) is 0 Å². The molecule has 0 aromatic heterocycles. The highest BCUT2D eigenvalue weighted by Gasteiger charge is 2.14. The van der Waals surface area contributed by atoms with Crippen LogP contribution in [0.5, 0.6) is 0 Å². The van der Waals surface area contributed by atoms with Gasteiger partial charge in [0.1, 0.15) is 15.7 Å². The fraction of sp³-hybridized carbons (Fsp3) is 0.571. The van der Waals surface area contributed by atoms with Crippen molar-refractivity contribution in [1.29, 1.82) is 0 Å². The van der Waals surface area contributed by atoms with E-state index in [1.807, 2.05) is 6.07 Å². The maximum Gasteiger partial charge on any atom is 0.147 e. The van der Waals surface area contributed by atoms with Crippen LogP contribution in [0.3, 0.4) is 0 Å². The highest BCUT2D eigenvalue weighted by molar-refractivity contribution is 7.90. The van der Waals surface area contributed by atoms with Gasteiger partial charge in [0.25, 0.3) is 0 Å². The van der Waals surface area contributed by atoms with Gasteiger partial charge in [-0.25, -0.2) is 12.8 Å². The Hall–Kier alpha value is -0.940. The summed E-state index contributed by atoms with van der Waals surface area (Å²) in [6.45, 7) is 3.62. The molecule has 0 bridgehead atoms. The quantitative estimate of drug-likeness (QED) is 0.747. The standard InChI is InChI=1S/C14H22FNO2S/c1-3-8-16-11-13(7-9-19(2,17)18)12-5-4-6-14(15)10-12/h4-6,10,13,16H,3,7-9,11H2,1-2H3. The summed E-state index contributed by atoms with van der Waals surface area (Å²) in [5.41, 5.74) is 0.854. The first-order chi connectivity index (χ1) is 8.92. The summed E-state index contributed by atoms with van der Waals surface area (Å²) in [6.07, 6.45) is 2.76. The van der Waals surface area contributed by atoms with Crippen molar-refractivity contribution in [2.24, 2.45) is 0 Å². The molecule has 0 fully saturated rings. The summed E-state index contributed by atoms with van der Waals surface area (Å²) in [4.78, 5) is 0. The van der Waals surface area contributed by atoms with Gasteiger partial charge >= 0.3 is 0 Å². The van der Waals surface area contributed by atoms with Gasteiger partial charge in [-0.1, -0.05) is 19.1 Å². The first kappa shape index (κ1) is 16.1. The van der Waals surface area contributed by atoms with Gasteiger partial charge < -0.3 is 5.32 Å². The van der Waals surface area contributed by atoms with Crippen LogP contribution in [0.1, 0.15) is 31.2 Å². The van der Waals surface area contributed by atoms with E-state index < -0.39 is 9.84 Å². The maximum absolute atomic E-state index is 13.3. The van der Waals surface area contributed by atoms with Crippen molar-refractivity contribution >= 4 is 9.84 Å². The highest BCUT2D eigenvalue weighted by atomic mass is 32.2. The van der Waals surface area contributed by atoms with E-state index in [2.05, 4.69) is 12.2 Å². The largest absolute Gasteiger partial charge is 0.316 e. The fourth-order valence-electron chi connectivity index (χ4n) is 1.96. The van der Waals surface area contributed by atoms with Crippen molar-refractivity contribution in [2.75, 3.05) is 25.1 Å². The van der Waals surface area contributed by atoms with Crippen LogP contribution >= 0.6 is 0 Å². The van der Waals surface area contributed by atoms with Crippen molar-refractivity contribution in [3.8, 4) is 0 Å². The van der Waals surface area contributed by atoms with Crippen LogP contribution in [0.25, 0.3) is 0 Å². The van der Waals surface area contributed by atoms with Crippen LogP contribution in [-0.2, 0) is 9.84 Å². The molecule has 5 heteroatoms. The normalized spacial score (nSPS) is 13.4. The number of nitrogens with one attached hydrogen (secondary N) is 1. The van der Waals surface area contributed by atoms with Crippen LogP contribution < -0.4 is 5.32 Å². The summed E-state index contributed by atoms with van der Waals surface area (Å²) < 4.78 is 35.8. The molecule has 1 atom stereocenters. The van der Waals surface area contributed by atoms with E-state index in [0.717, 1.165) is 18.5 Å². The van der Waals surface area contributed by atoms with Crippen LogP contribution in [0.4, 0.5) is 4.39 Å². The number of rotatable bonds is 8. The Kier molecular flexibility index (Phi) is 6.45. The molecule has 108 valence electrons. The molecule has 3 nitrogen and oxygen atoms in total. The Bertz CT molecular complexity index is 488. The van der Waals surface area contributed by atoms with E-state index in [1.54, 1.807) is 6.07 Å². The van der Waals surface area contributed by atoms with E-state index in [1.165, 1.54) is 18.4 Å². The average Bonchev–Trinajstić information content (AvgIpc) is 2.32. The molecule has 0 spiro atoms. The van der Waals surface area contributed by atoms with Crippen molar-refractivity contribution < 1.29 is 12.8 Å². The molecule has 0 heterocycles. The SMILES string of the molecule is CCCNCC(CCS(C)(=O)=O)c1cccc(F)c1. The second-order valence-electron chi connectivity index (χ2n) is 4.87. The van der Waals surface area contributed by atoms with E-state index in [0.29, 0.717) is 13.0 Å². The molecule has 1 N–H and O–H groups in total. The Balaban J connectivity index is 2.73. The molecular formula is C14H22FNO2S. The molecule has 0 radical (unpaired) electrons. The van der Waals surface area contributed by atoms with Gasteiger partial charge in [0.05, 0.1) is 5.75 Å². The minimum atomic E-state index is -2.99. The van der Waals surface area contributed by atoms with Gasteiger partial charge in [-0.05, 0) is 43.0 Å². The highest BCUT2D eigenvalue weighted by Crippen LogP contribution is 2.20. The second-order valence-corrected chi connectivity index (χ2v) is 7.13. The summed E-state index contributed by atoms with van der Waals surface area (Å²) in [7, 11) is -2.99.